The number of hydrogen-bond donors (Lipinski definition) is 0. The zero-order valence-electron chi connectivity index (χ0n) is 15.6. The zero-order chi connectivity index (χ0) is 20.1. The van der Waals surface area contributed by atoms with Gasteiger partial charge in [-0.1, -0.05) is 17.3 Å². The first-order valence-corrected chi connectivity index (χ1v) is 10.8. The van der Waals surface area contributed by atoms with Crippen LogP contribution in [-0.4, -0.2) is 45.3 Å². The Balaban J connectivity index is 1.66. The summed E-state index contributed by atoms with van der Waals surface area (Å²) in [5.74, 6) is -0.000889. The molecule has 1 aromatic carbocycles. The van der Waals surface area contributed by atoms with E-state index in [1.165, 1.54) is 0 Å². The molecule has 28 heavy (non-hydrogen) atoms. The summed E-state index contributed by atoms with van der Waals surface area (Å²) in [5.41, 5.74) is 2.14. The van der Waals surface area contributed by atoms with Crippen molar-refractivity contribution in [2.45, 2.75) is 32.9 Å². The molecule has 0 unspecified atom stereocenters. The summed E-state index contributed by atoms with van der Waals surface area (Å²) in [5, 5.41) is 8.29. The van der Waals surface area contributed by atoms with E-state index in [1.54, 1.807) is 37.3 Å². The van der Waals surface area contributed by atoms with E-state index in [4.69, 9.17) is 0 Å². The Hall–Kier alpha value is -2.81. The van der Waals surface area contributed by atoms with Crippen LogP contribution in [0.4, 0.5) is 0 Å². The number of sulfone groups is 1. The minimum absolute atomic E-state index is 0.0899. The third-order valence-electron chi connectivity index (χ3n) is 5.28. The third-order valence-corrected chi connectivity index (χ3v) is 7.03. The second-order valence-corrected chi connectivity index (χ2v) is 9.43. The molecule has 4 rings (SSSR count). The third kappa shape index (κ3) is 3.15. The molecule has 1 saturated heterocycles. The van der Waals surface area contributed by atoms with Crippen molar-refractivity contribution >= 4 is 26.5 Å². The van der Waals surface area contributed by atoms with Gasteiger partial charge < -0.3 is 4.57 Å². The molecule has 1 atom stereocenters. The molecule has 1 aliphatic heterocycles. The van der Waals surface area contributed by atoms with Crippen LogP contribution in [-0.2, 0) is 16.4 Å². The zero-order valence-corrected chi connectivity index (χ0v) is 16.4. The van der Waals surface area contributed by atoms with E-state index in [-0.39, 0.29) is 35.4 Å². The van der Waals surface area contributed by atoms with Gasteiger partial charge in [-0.15, -0.1) is 5.10 Å². The van der Waals surface area contributed by atoms with Crippen molar-refractivity contribution in [3.8, 4) is 0 Å². The predicted octanol–water partition coefficient (Wildman–Crippen LogP) is 1.45. The van der Waals surface area contributed by atoms with Crippen molar-refractivity contribution in [2.75, 3.05) is 11.5 Å². The lowest BCUT2D eigenvalue weighted by atomic mass is 10.1. The predicted molar refractivity (Wildman–Crippen MR) is 104 cm³/mol. The van der Waals surface area contributed by atoms with Gasteiger partial charge >= 0.3 is 0 Å². The highest BCUT2D eigenvalue weighted by Gasteiger charge is 2.31. The van der Waals surface area contributed by atoms with Crippen LogP contribution >= 0.6 is 0 Å². The Morgan fingerprint density at radius 1 is 1.25 bits per heavy atom. The number of carbonyl (C=O) groups is 1. The fraction of sp³-hybridized carbons (Fsp3) is 0.368. The number of carbonyl (C=O) groups excluding carboxylic acids is 1. The normalized spacial score (nSPS) is 18.6. The minimum Gasteiger partial charge on any atom is -0.344 e. The van der Waals surface area contributed by atoms with Gasteiger partial charge in [0.15, 0.2) is 15.6 Å². The molecule has 0 bridgehead atoms. The summed E-state index contributed by atoms with van der Waals surface area (Å²) in [4.78, 5) is 25.4. The smallest absolute Gasteiger partial charge is 0.278 e. The van der Waals surface area contributed by atoms with Crippen LogP contribution in [0.2, 0.25) is 0 Å². The van der Waals surface area contributed by atoms with Crippen LogP contribution in [0.25, 0.3) is 10.9 Å². The molecule has 1 fully saturated rings. The minimum atomic E-state index is -3.03. The van der Waals surface area contributed by atoms with Crippen molar-refractivity contribution < 1.29 is 13.2 Å². The van der Waals surface area contributed by atoms with E-state index in [0.29, 0.717) is 28.6 Å². The Bertz CT molecular complexity index is 1260. The number of benzene rings is 1. The number of fused-ring (bicyclic) bond motifs is 1. The summed E-state index contributed by atoms with van der Waals surface area (Å²) in [7, 11) is -3.03. The van der Waals surface area contributed by atoms with Crippen molar-refractivity contribution in [3.05, 3.63) is 57.6 Å². The summed E-state index contributed by atoms with van der Waals surface area (Å²) >= 11 is 0. The maximum atomic E-state index is 12.9. The molecule has 0 aliphatic carbocycles. The number of nitrogens with zero attached hydrogens (tertiary/aromatic N) is 4. The molecule has 2 aromatic heterocycles. The van der Waals surface area contributed by atoms with Gasteiger partial charge in [0, 0.05) is 23.0 Å². The lowest BCUT2D eigenvalue weighted by Gasteiger charge is -2.16. The van der Waals surface area contributed by atoms with Gasteiger partial charge in [-0.2, -0.15) is 0 Å². The second-order valence-electron chi connectivity index (χ2n) is 7.20. The van der Waals surface area contributed by atoms with Crippen LogP contribution in [0.1, 0.15) is 34.2 Å². The van der Waals surface area contributed by atoms with E-state index in [0.717, 1.165) is 10.4 Å². The second kappa shape index (κ2) is 6.66. The van der Waals surface area contributed by atoms with Gasteiger partial charge in [0.2, 0.25) is 0 Å². The summed E-state index contributed by atoms with van der Waals surface area (Å²) < 4.78 is 26.6. The van der Waals surface area contributed by atoms with Gasteiger partial charge in [0.05, 0.1) is 16.9 Å². The molecular formula is C19H20N4O4S. The molecule has 0 saturated carbocycles. The molecule has 1 aliphatic rings. The first kappa shape index (κ1) is 18.5. The maximum Gasteiger partial charge on any atom is 0.278 e. The van der Waals surface area contributed by atoms with E-state index < -0.39 is 9.84 Å². The van der Waals surface area contributed by atoms with Gasteiger partial charge in [0.25, 0.3) is 5.56 Å². The van der Waals surface area contributed by atoms with Crippen LogP contribution in [0.5, 0.6) is 0 Å². The number of aryl methyl sites for hydroxylation is 1. The Kier molecular flexibility index (Phi) is 4.41. The van der Waals surface area contributed by atoms with E-state index in [1.807, 2.05) is 11.5 Å². The highest BCUT2D eigenvalue weighted by molar-refractivity contribution is 7.91. The number of ketones is 1. The van der Waals surface area contributed by atoms with Gasteiger partial charge in [0.1, 0.15) is 12.1 Å². The van der Waals surface area contributed by atoms with Crippen molar-refractivity contribution in [1.29, 1.82) is 0 Å². The van der Waals surface area contributed by atoms with Crippen LogP contribution < -0.4 is 5.56 Å². The molecule has 0 amide bonds. The van der Waals surface area contributed by atoms with E-state index in [9.17, 15) is 18.0 Å². The van der Waals surface area contributed by atoms with E-state index in [2.05, 4.69) is 10.3 Å². The van der Waals surface area contributed by atoms with Gasteiger partial charge in [-0.25, -0.2) is 13.1 Å². The Morgan fingerprint density at radius 3 is 2.71 bits per heavy atom. The molecule has 0 spiro atoms. The fourth-order valence-corrected chi connectivity index (χ4v) is 5.65. The van der Waals surface area contributed by atoms with Crippen LogP contribution in [0.3, 0.4) is 0 Å². The van der Waals surface area contributed by atoms with E-state index >= 15 is 0 Å². The average Bonchev–Trinajstić information content (AvgIpc) is 3.15. The molecule has 3 heterocycles. The summed E-state index contributed by atoms with van der Waals surface area (Å²) in [6, 6.07) is 8.45. The van der Waals surface area contributed by atoms with Gasteiger partial charge in [-0.3, -0.25) is 9.59 Å². The van der Waals surface area contributed by atoms with Crippen LogP contribution in [0, 0.1) is 13.8 Å². The van der Waals surface area contributed by atoms with Crippen molar-refractivity contribution in [1.82, 2.24) is 19.6 Å². The molecule has 0 radical (unpaired) electrons. The number of Topliss-reactive ketones (excluding diaryl/α,β-unsaturated/α-hetero) is 1. The fourth-order valence-electron chi connectivity index (χ4n) is 3.95. The van der Waals surface area contributed by atoms with Crippen LogP contribution in [0.15, 0.2) is 35.1 Å². The molecule has 3 aromatic rings. The largest absolute Gasteiger partial charge is 0.344 e. The molecule has 9 heteroatoms. The molecule has 0 N–H and O–H groups in total. The summed E-state index contributed by atoms with van der Waals surface area (Å²) in [6.45, 7) is 3.45. The van der Waals surface area contributed by atoms with Gasteiger partial charge in [-0.05, 0) is 38.5 Å². The molecule has 8 nitrogen and oxygen atoms in total. The van der Waals surface area contributed by atoms with Crippen molar-refractivity contribution in [3.63, 3.8) is 0 Å². The average molecular weight is 400 g/mol. The quantitative estimate of drug-likeness (QED) is 0.614. The maximum absolute atomic E-state index is 12.9. The topological polar surface area (TPSA) is 104 Å². The molecule has 146 valence electrons. The highest BCUT2D eigenvalue weighted by Crippen LogP contribution is 2.29. The monoisotopic (exact) mass is 400 g/mol. The number of hydrogen-bond acceptors (Lipinski definition) is 6. The number of rotatable bonds is 4. The van der Waals surface area contributed by atoms with Crippen molar-refractivity contribution in [2.24, 2.45) is 0 Å². The summed E-state index contributed by atoms with van der Waals surface area (Å²) in [6.07, 6.45) is 0.544. The standard InChI is InChI=1S/C19H20N4O4S/c1-12-9-16(13(2)23(12)14-7-8-28(26,27)11-14)18(24)10-22-19(25)15-5-3-4-6-17(15)20-21-22/h3-6,9,14H,7-8,10-11H2,1-2H3/t14-/m1/s1. The first-order valence-electron chi connectivity index (χ1n) is 9.01. The lowest BCUT2D eigenvalue weighted by Crippen LogP contribution is -2.28. The first-order chi connectivity index (χ1) is 13.3. The number of aromatic nitrogens is 4. The Labute approximate surface area is 161 Å². The Morgan fingerprint density at radius 2 is 2.00 bits per heavy atom. The molecular weight excluding hydrogens is 380 g/mol. The SMILES string of the molecule is Cc1cc(C(=O)Cn2nnc3ccccc3c2=O)c(C)n1[C@@H]1CCS(=O)(=O)C1. The highest BCUT2D eigenvalue weighted by atomic mass is 32.2. The lowest BCUT2D eigenvalue weighted by molar-refractivity contribution is 0.0964.